The Balaban J connectivity index is 2.23. The molecular formula is C15H24N2O3. The lowest BCUT2D eigenvalue weighted by Gasteiger charge is -2.27. The standard InChI is InChI=1S/C15H24N2O3/c1-12(15(2,3)4)11-16-9-10-20-14-7-5-13(6-8-14)17(18)19/h5-8,12,16H,9-11H2,1-4H3. The van der Waals surface area contributed by atoms with Crippen LogP contribution in [0.15, 0.2) is 24.3 Å². The number of benzene rings is 1. The molecule has 1 aromatic rings. The van der Waals surface area contributed by atoms with E-state index < -0.39 is 4.92 Å². The lowest BCUT2D eigenvalue weighted by atomic mass is 9.82. The van der Waals surface area contributed by atoms with Gasteiger partial charge in [0.25, 0.3) is 5.69 Å². The summed E-state index contributed by atoms with van der Waals surface area (Å²) >= 11 is 0. The fourth-order valence-electron chi connectivity index (χ4n) is 1.53. The third-order valence-electron chi connectivity index (χ3n) is 3.52. The molecule has 0 saturated carbocycles. The highest BCUT2D eigenvalue weighted by atomic mass is 16.6. The third kappa shape index (κ3) is 5.57. The van der Waals surface area contributed by atoms with Crippen LogP contribution in [0.25, 0.3) is 0 Å². The minimum absolute atomic E-state index is 0.0782. The van der Waals surface area contributed by atoms with Crippen molar-refractivity contribution < 1.29 is 9.66 Å². The normalized spacial score (nSPS) is 13.0. The number of rotatable bonds is 7. The summed E-state index contributed by atoms with van der Waals surface area (Å²) in [5.74, 6) is 1.24. The Morgan fingerprint density at radius 3 is 2.40 bits per heavy atom. The van der Waals surface area contributed by atoms with Gasteiger partial charge in [0, 0.05) is 18.7 Å². The maximum absolute atomic E-state index is 10.5. The van der Waals surface area contributed by atoms with Gasteiger partial charge in [0.05, 0.1) is 4.92 Å². The zero-order valence-electron chi connectivity index (χ0n) is 12.7. The molecule has 0 heterocycles. The van der Waals surface area contributed by atoms with Crippen molar-refractivity contribution in [3.05, 3.63) is 34.4 Å². The first kappa shape index (κ1) is 16.4. The molecule has 5 nitrogen and oxygen atoms in total. The molecule has 1 atom stereocenters. The summed E-state index contributed by atoms with van der Waals surface area (Å²) in [6.45, 7) is 11.2. The molecule has 0 spiro atoms. The van der Waals surface area contributed by atoms with Gasteiger partial charge in [-0.1, -0.05) is 27.7 Å². The highest BCUT2D eigenvalue weighted by Gasteiger charge is 2.18. The monoisotopic (exact) mass is 280 g/mol. The van der Waals surface area contributed by atoms with E-state index in [2.05, 4.69) is 33.0 Å². The van der Waals surface area contributed by atoms with Crippen molar-refractivity contribution in [3.8, 4) is 5.75 Å². The number of ether oxygens (including phenoxy) is 1. The van der Waals surface area contributed by atoms with Gasteiger partial charge in [-0.05, 0) is 30.0 Å². The van der Waals surface area contributed by atoms with Gasteiger partial charge in [-0.2, -0.15) is 0 Å². The molecule has 0 aliphatic heterocycles. The highest BCUT2D eigenvalue weighted by Crippen LogP contribution is 2.24. The molecule has 1 rings (SSSR count). The SMILES string of the molecule is CC(CNCCOc1ccc([N+](=O)[O-])cc1)C(C)(C)C. The van der Waals surface area contributed by atoms with E-state index in [9.17, 15) is 10.1 Å². The van der Waals surface area contributed by atoms with E-state index in [1.54, 1.807) is 12.1 Å². The maximum Gasteiger partial charge on any atom is 0.269 e. The fraction of sp³-hybridized carbons (Fsp3) is 0.600. The lowest BCUT2D eigenvalue weighted by Crippen LogP contribution is -2.32. The molecule has 5 heteroatoms. The minimum atomic E-state index is -0.417. The van der Waals surface area contributed by atoms with Crippen molar-refractivity contribution in [1.82, 2.24) is 5.32 Å². The Labute approximate surface area is 120 Å². The summed E-state index contributed by atoms with van der Waals surface area (Å²) in [6.07, 6.45) is 0. The molecule has 20 heavy (non-hydrogen) atoms. The molecule has 0 aliphatic rings. The van der Waals surface area contributed by atoms with Gasteiger partial charge in [0.2, 0.25) is 0 Å². The number of non-ortho nitro benzene ring substituents is 1. The number of nitrogens with zero attached hydrogens (tertiary/aromatic N) is 1. The Morgan fingerprint density at radius 1 is 1.30 bits per heavy atom. The van der Waals surface area contributed by atoms with Crippen molar-refractivity contribution >= 4 is 5.69 Å². The molecule has 0 aromatic heterocycles. The summed E-state index contributed by atoms with van der Waals surface area (Å²) in [4.78, 5) is 10.1. The van der Waals surface area contributed by atoms with Gasteiger partial charge in [-0.15, -0.1) is 0 Å². The average molecular weight is 280 g/mol. The van der Waals surface area contributed by atoms with Crippen LogP contribution in [-0.4, -0.2) is 24.6 Å². The van der Waals surface area contributed by atoms with Crippen LogP contribution in [0.1, 0.15) is 27.7 Å². The van der Waals surface area contributed by atoms with Gasteiger partial charge in [0.15, 0.2) is 0 Å². The van der Waals surface area contributed by atoms with Crippen LogP contribution in [0.4, 0.5) is 5.69 Å². The van der Waals surface area contributed by atoms with Crippen LogP contribution < -0.4 is 10.1 Å². The highest BCUT2D eigenvalue weighted by molar-refractivity contribution is 5.35. The topological polar surface area (TPSA) is 64.4 Å². The van der Waals surface area contributed by atoms with Crippen LogP contribution in [0.2, 0.25) is 0 Å². The predicted molar refractivity (Wildman–Crippen MR) is 80.1 cm³/mol. The summed E-state index contributed by atoms with van der Waals surface area (Å²) in [5.41, 5.74) is 0.376. The summed E-state index contributed by atoms with van der Waals surface area (Å²) in [7, 11) is 0. The lowest BCUT2D eigenvalue weighted by molar-refractivity contribution is -0.384. The van der Waals surface area contributed by atoms with Gasteiger partial charge >= 0.3 is 0 Å². The molecule has 0 bridgehead atoms. The molecule has 0 saturated heterocycles. The van der Waals surface area contributed by atoms with E-state index in [4.69, 9.17) is 4.74 Å². The second-order valence-electron chi connectivity index (χ2n) is 6.07. The maximum atomic E-state index is 10.5. The first-order valence-electron chi connectivity index (χ1n) is 6.88. The van der Waals surface area contributed by atoms with Crippen molar-refractivity contribution in [2.75, 3.05) is 19.7 Å². The first-order valence-corrected chi connectivity index (χ1v) is 6.88. The van der Waals surface area contributed by atoms with E-state index in [-0.39, 0.29) is 5.69 Å². The zero-order valence-corrected chi connectivity index (χ0v) is 12.7. The second kappa shape index (κ2) is 7.24. The minimum Gasteiger partial charge on any atom is -0.492 e. The van der Waals surface area contributed by atoms with Crippen molar-refractivity contribution in [1.29, 1.82) is 0 Å². The number of nitrogens with one attached hydrogen (secondary N) is 1. The van der Waals surface area contributed by atoms with E-state index in [1.165, 1.54) is 12.1 Å². The molecule has 0 fully saturated rings. The van der Waals surface area contributed by atoms with Gasteiger partial charge in [-0.25, -0.2) is 0 Å². The first-order chi connectivity index (χ1) is 9.30. The molecule has 0 aliphatic carbocycles. The average Bonchev–Trinajstić information content (AvgIpc) is 2.37. The van der Waals surface area contributed by atoms with Gasteiger partial charge < -0.3 is 10.1 Å². The smallest absolute Gasteiger partial charge is 0.269 e. The van der Waals surface area contributed by atoms with E-state index in [0.717, 1.165) is 13.1 Å². The van der Waals surface area contributed by atoms with E-state index in [0.29, 0.717) is 23.7 Å². The van der Waals surface area contributed by atoms with Crippen molar-refractivity contribution in [3.63, 3.8) is 0 Å². The van der Waals surface area contributed by atoms with Crippen LogP contribution in [0.5, 0.6) is 5.75 Å². The molecular weight excluding hydrogens is 256 g/mol. The largest absolute Gasteiger partial charge is 0.492 e. The van der Waals surface area contributed by atoms with Gasteiger partial charge in [0.1, 0.15) is 12.4 Å². The molecule has 0 radical (unpaired) electrons. The Morgan fingerprint density at radius 2 is 1.90 bits per heavy atom. The fourth-order valence-corrected chi connectivity index (χ4v) is 1.53. The number of nitro benzene ring substituents is 1. The Hall–Kier alpha value is -1.62. The molecule has 1 unspecified atom stereocenters. The van der Waals surface area contributed by atoms with Crippen molar-refractivity contribution in [2.45, 2.75) is 27.7 Å². The number of hydrogen-bond donors (Lipinski definition) is 1. The molecule has 1 N–H and O–H groups in total. The Kier molecular flexibility index (Phi) is 5.95. The quantitative estimate of drug-likeness (QED) is 0.473. The van der Waals surface area contributed by atoms with Crippen LogP contribution >= 0.6 is 0 Å². The van der Waals surface area contributed by atoms with Crippen LogP contribution in [-0.2, 0) is 0 Å². The molecule has 0 amide bonds. The molecule has 112 valence electrons. The predicted octanol–water partition coefficient (Wildman–Crippen LogP) is 3.25. The van der Waals surface area contributed by atoms with Crippen molar-refractivity contribution in [2.24, 2.45) is 11.3 Å². The Bertz CT molecular complexity index is 424. The zero-order chi connectivity index (χ0) is 15.2. The van der Waals surface area contributed by atoms with Crippen LogP contribution in [0, 0.1) is 21.4 Å². The van der Waals surface area contributed by atoms with E-state index >= 15 is 0 Å². The number of nitro groups is 1. The second-order valence-corrected chi connectivity index (χ2v) is 6.07. The third-order valence-corrected chi connectivity index (χ3v) is 3.52. The van der Waals surface area contributed by atoms with Crippen LogP contribution in [0.3, 0.4) is 0 Å². The van der Waals surface area contributed by atoms with E-state index in [1.807, 2.05) is 0 Å². The molecule has 1 aromatic carbocycles. The summed E-state index contributed by atoms with van der Waals surface area (Å²) in [6, 6.07) is 6.14. The summed E-state index contributed by atoms with van der Waals surface area (Å²) in [5, 5.41) is 13.9. The van der Waals surface area contributed by atoms with Gasteiger partial charge in [-0.3, -0.25) is 10.1 Å². The summed E-state index contributed by atoms with van der Waals surface area (Å²) < 4.78 is 5.52. The number of hydrogen-bond acceptors (Lipinski definition) is 4.